The Balaban J connectivity index is 2.50. The van der Waals surface area contributed by atoms with Gasteiger partial charge in [-0.05, 0) is 35.9 Å². The molecule has 0 spiro atoms. The minimum atomic E-state index is -0.399. The van der Waals surface area contributed by atoms with E-state index in [0.717, 1.165) is 5.56 Å². The highest BCUT2D eigenvalue weighted by atomic mass is 35.5. The lowest BCUT2D eigenvalue weighted by molar-refractivity contribution is 0.404. The molecular weight excluding hydrogens is 267 g/mol. The van der Waals surface area contributed by atoms with Crippen molar-refractivity contribution in [3.8, 4) is 5.75 Å². The number of halogens is 2. The molecule has 2 aromatic carbocycles. The van der Waals surface area contributed by atoms with Gasteiger partial charge in [-0.1, -0.05) is 23.7 Å². The van der Waals surface area contributed by atoms with Crippen LogP contribution in [0, 0.1) is 5.82 Å². The van der Waals surface area contributed by atoms with E-state index >= 15 is 0 Å². The van der Waals surface area contributed by atoms with Crippen molar-refractivity contribution in [1.82, 2.24) is 5.43 Å². The molecule has 3 nitrogen and oxygen atoms in total. The quantitative estimate of drug-likeness (QED) is 0.668. The van der Waals surface area contributed by atoms with Crippen LogP contribution in [-0.4, -0.2) is 7.11 Å². The lowest BCUT2D eigenvalue weighted by atomic mass is 9.98. The number of nitrogens with two attached hydrogens (primary N) is 1. The molecule has 0 aliphatic carbocycles. The van der Waals surface area contributed by atoms with Crippen molar-refractivity contribution < 1.29 is 9.13 Å². The van der Waals surface area contributed by atoms with Gasteiger partial charge in [0.2, 0.25) is 0 Å². The molecule has 2 rings (SSSR count). The van der Waals surface area contributed by atoms with Crippen LogP contribution < -0.4 is 16.0 Å². The van der Waals surface area contributed by atoms with Crippen LogP contribution in [0.3, 0.4) is 0 Å². The van der Waals surface area contributed by atoms with Crippen LogP contribution in [0.2, 0.25) is 5.02 Å². The molecule has 0 radical (unpaired) electrons. The number of rotatable bonds is 4. The molecule has 1 unspecified atom stereocenters. The highest BCUT2D eigenvalue weighted by molar-refractivity contribution is 6.30. The third-order valence-corrected chi connectivity index (χ3v) is 3.09. The Bertz CT molecular complexity index is 577. The van der Waals surface area contributed by atoms with Gasteiger partial charge in [0.15, 0.2) is 0 Å². The fourth-order valence-electron chi connectivity index (χ4n) is 1.98. The Hall–Kier alpha value is -1.62. The summed E-state index contributed by atoms with van der Waals surface area (Å²) in [5.74, 6) is 5.90. The molecule has 5 heteroatoms. The van der Waals surface area contributed by atoms with Crippen LogP contribution in [0.4, 0.5) is 4.39 Å². The predicted octanol–water partition coefficient (Wildman–Crippen LogP) is 3.04. The van der Waals surface area contributed by atoms with Crippen molar-refractivity contribution >= 4 is 11.6 Å². The van der Waals surface area contributed by atoms with Gasteiger partial charge in [-0.2, -0.15) is 0 Å². The van der Waals surface area contributed by atoms with Crippen molar-refractivity contribution in [2.24, 2.45) is 5.84 Å². The summed E-state index contributed by atoms with van der Waals surface area (Å²) in [5.41, 5.74) is 4.11. The zero-order valence-corrected chi connectivity index (χ0v) is 11.1. The zero-order chi connectivity index (χ0) is 13.8. The largest absolute Gasteiger partial charge is 0.496 e. The lowest BCUT2D eigenvalue weighted by Crippen LogP contribution is -2.29. The third-order valence-electron chi connectivity index (χ3n) is 2.85. The number of methoxy groups -OCH3 is 1. The van der Waals surface area contributed by atoms with E-state index in [4.69, 9.17) is 22.2 Å². The first kappa shape index (κ1) is 13.8. The van der Waals surface area contributed by atoms with Crippen molar-refractivity contribution in [3.63, 3.8) is 0 Å². The fourth-order valence-corrected chi connectivity index (χ4v) is 2.16. The minimum absolute atomic E-state index is 0.321. The van der Waals surface area contributed by atoms with Gasteiger partial charge in [-0.3, -0.25) is 5.84 Å². The fraction of sp³-hybridized carbons (Fsp3) is 0.143. The maximum Gasteiger partial charge on any atom is 0.124 e. The molecule has 0 saturated heterocycles. The molecule has 0 aliphatic rings. The van der Waals surface area contributed by atoms with Gasteiger partial charge in [0.25, 0.3) is 0 Å². The average Bonchev–Trinajstić information content (AvgIpc) is 2.40. The summed E-state index contributed by atoms with van der Waals surface area (Å²) in [5, 5.41) is 0.562. The van der Waals surface area contributed by atoms with E-state index in [-0.39, 0.29) is 5.82 Å². The van der Waals surface area contributed by atoms with Gasteiger partial charge < -0.3 is 4.74 Å². The first-order valence-corrected chi connectivity index (χ1v) is 6.08. The number of hydrogen-bond donors (Lipinski definition) is 2. The van der Waals surface area contributed by atoms with Crippen LogP contribution in [0.1, 0.15) is 17.2 Å². The Labute approximate surface area is 116 Å². The zero-order valence-electron chi connectivity index (χ0n) is 10.4. The molecule has 1 atom stereocenters. The third kappa shape index (κ3) is 3.04. The summed E-state index contributed by atoms with van der Waals surface area (Å²) in [7, 11) is 1.56. The van der Waals surface area contributed by atoms with Gasteiger partial charge in [0.1, 0.15) is 11.6 Å². The minimum Gasteiger partial charge on any atom is -0.496 e. The Morgan fingerprint density at radius 1 is 1.26 bits per heavy atom. The summed E-state index contributed by atoms with van der Waals surface area (Å²) >= 11 is 6.00. The normalized spacial score (nSPS) is 12.2. The molecule has 0 bridgehead atoms. The van der Waals surface area contributed by atoms with Gasteiger partial charge in [0.05, 0.1) is 13.2 Å². The number of nitrogens with one attached hydrogen (secondary N) is 1. The lowest BCUT2D eigenvalue weighted by Gasteiger charge is -2.20. The monoisotopic (exact) mass is 280 g/mol. The molecule has 100 valence electrons. The van der Waals surface area contributed by atoms with Crippen LogP contribution in [0.25, 0.3) is 0 Å². The predicted molar refractivity (Wildman–Crippen MR) is 73.6 cm³/mol. The molecule has 0 aromatic heterocycles. The van der Waals surface area contributed by atoms with E-state index in [0.29, 0.717) is 16.3 Å². The topological polar surface area (TPSA) is 47.3 Å². The number of benzene rings is 2. The van der Waals surface area contributed by atoms with Crippen LogP contribution in [0.15, 0.2) is 42.5 Å². The summed E-state index contributed by atoms with van der Waals surface area (Å²) < 4.78 is 18.6. The molecule has 0 fully saturated rings. The van der Waals surface area contributed by atoms with Gasteiger partial charge in [-0.15, -0.1) is 0 Å². The molecule has 0 saturated carbocycles. The number of ether oxygens (including phenoxy) is 1. The number of hydrogen-bond acceptors (Lipinski definition) is 3. The van der Waals surface area contributed by atoms with Crippen molar-refractivity contribution in [1.29, 1.82) is 0 Å². The maximum absolute atomic E-state index is 13.3. The standard InChI is InChI=1S/C14H14ClFN2O/c1-19-13-6-5-10(15)8-12(13)14(18-17)9-3-2-4-11(16)7-9/h2-8,14,18H,17H2,1H3. The van der Waals surface area contributed by atoms with Crippen molar-refractivity contribution in [2.75, 3.05) is 7.11 Å². The van der Waals surface area contributed by atoms with E-state index in [2.05, 4.69) is 5.43 Å². The maximum atomic E-state index is 13.3. The average molecular weight is 281 g/mol. The second kappa shape index (κ2) is 6.02. The van der Waals surface area contributed by atoms with Crippen LogP contribution in [-0.2, 0) is 0 Å². The first-order chi connectivity index (χ1) is 9.15. The molecular formula is C14H14ClFN2O. The first-order valence-electron chi connectivity index (χ1n) is 5.70. The SMILES string of the molecule is COc1ccc(Cl)cc1C(NN)c1cccc(F)c1. The smallest absolute Gasteiger partial charge is 0.124 e. The highest BCUT2D eigenvalue weighted by Crippen LogP contribution is 2.32. The van der Waals surface area contributed by atoms with E-state index in [1.165, 1.54) is 12.1 Å². The Morgan fingerprint density at radius 3 is 2.68 bits per heavy atom. The van der Waals surface area contributed by atoms with Crippen molar-refractivity contribution in [2.45, 2.75) is 6.04 Å². The Morgan fingerprint density at radius 2 is 2.05 bits per heavy atom. The molecule has 0 aliphatic heterocycles. The van der Waals surface area contributed by atoms with E-state index in [9.17, 15) is 4.39 Å². The summed E-state index contributed by atoms with van der Waals surface area (Å²) in [6, 6.07) is 11.0. The summed E-state index contributed by atoms with van der Waals surface area (Å²) in [6.45, 7) is 0. The van der Waals surface area contributed by atoms with Gasteiger partial charge >= 0.3 is 0 Å². The molecule has 0 heterocycles. The van der Waals surface area contributed by atoms with Crippen LogP contribution >= 0.6 is 11.6 Å². The van der Waals surface area contributed by atoms with Gasteiger partial charge in [-0.25, -0.2) is 9.82 Å². The molecule has 3 N–H and O–H groups in total. The summed E-state index contributed by atoms with van der Waals surface area (Å²) in [4.78, 5) is 0. The van der Waals surface area contributed by atoms with E-state index < -0.39 is 6.04 Å². The molecule has 19 heavy (non-hydrogen) atoms. The highest BCUT2D eigenvalue weighted by Gasteiger charge is 2.17. The Kier molecular flexibility index (Phi) is 4.37. The van der Waals surface area contributed by atoms with Crippen LogP contribution in [0.5, 0.6) is 5.75 Å². The second-order valence-corrected chi connectivity index (χ2v) is 4.48. The van der Waals surface area contributed by atoms with E-state index in [1.54, 1.807) is 37.4 Å². The molecule has 0 amide bonds. The van der Waals surface area contributed by atoms with E-state index in [1.807, 2.05) is 0 Å². The second-order valence-electron chi connectivity index (χ2n) is 4.04. The van der Waals surface area contributed by atoms with Crippen molar-refractivity contribution in [3.05, 3.63) is 64.4 Å². The van der Waals surface area contributed by atoms with Gasteiger partial charge in [0, 0.05) is 10.6 Å². The summed E-state index contributed by atoms with van der Waals surface area (Å²) in [6.07, 6.45) is 0. The number of hydrazine groups is 1. The molecule has 2 aromatic rings.